The molecule has 0 saturated carbocycles. The maximum Gasteiger partial charge on any atom is 0.0947 e. The number of nitrogens with two attached hydrogens (primary N) is 1. The minimum absolute atomic E-state index is 0.0960. The van der Waals surface area contributed by atoms with Crippen molar-refractivity contribution in [3.05, 3.63) is 30.1 Å². The average Bonchev–Trinajstić information content (AvgIpc) is 2.18. The molecule has 0 bridgehead atoms. The summed E-state index contributed by atoms with van der Waals surface area (Å²) in [5.41, 5.74) is 6.46. The molecule has 0 saturated heterocycles. The van der Waals surface area contributed by atoms with Crippen LogP contribution in [0.3, 0.4) is 0 Å². The molecule has 0 amide bonds. The van der Waals surface area contributed by atoms with Gasteiger partial charge in [-0.05, 0) is 19.2 Å². The third-order valence-corrected chi connectivity index (χ3v) is 2.27. The first kappa shape index (κ1) is 11.7. The molecule has 0 aliphatic carbocycles. The van der Waals surface area contributed by atoms with E-state index in [2.05, 4.69) is 9.88 Å². The number of nitrogens with one attached hydrogen (secondary N) is 1. The molecule has 1 unspecified atom stereocenters. The Bertz CT molecular complexity index is 310. The van der Waals surface area contributed by atoms with Crippen LogP contribution in [0.4, 0.5) is 0 Å². The number of amidine groups is 1. The molecule has 82 valence electrons. The van der Waals surface area contributed by atoms with E-state index >= 15 is 0 Å². The molecule has 4 heteroatoms. The molecule has 0 aliphatic rings. The number of hydrogen-bond acceptors (Lipinski definition) is 3. The van der Waals surface area contributed by atoms with Crippen LogP contribution in [0.25, 0.3) is 0 Å². The highest BCUT2D eigenvalue weighted by Crippen LogP contribution is 2.02. The first-order valence-electron chi connectivity index (χ1n) is 5.02. The highest BCUT2D eigenvalue weighted by Gasteiger charge is 2.09. The number of aromatic nitrogens is 1. The second-order valence-corrected chi connectivity index (χ2v) is 3.87. The van der Waals surface area contributed by atoms with Crippen LogP contribution in [0.15, 0.2) is 24.4 Å². The van der Waals surface area contributed by atoms with E-state index in [1.807, 2.05) is 32.2 Å². The molecule has 0 fully saturated rings. The van der Waals surface area contributed by atoms with E-state index < -0.39 is 0 Å². The third kappa shape index (κ3) is 4.08. The summed E-state index contributed by atoms with van der Waals surface area (Å²) in [6.45, 7) is 3.53. The Morgan fingerprint density at radius 3 is 2.87 bits per heavy atom. The van der Waals surface area contributed by atoms with Gasteiger partial charge >= 0.3 is 0 Å². The van der Waals surface area contributed by atoms with Gasteiger partial charge in [0, 0.05) is 25.2 Å². The summed E-state index contributed by atoms with van der Waals surface area (Å²) in [5.74, 6) is 0.335. The van der Waals surface area contributed by atoms with Gasteiger partial charge in [0.25, 0.3) is 0 Å². The first-order valence-corrected chi connectivity index (χ1v) is 5.02. The zero-order valence-corrected chi connectivity index (χ0v) is 9.27. The van der Waals surface area contributed by atoms with Crippen molar-refractivity contribution in [2.24, 2.45) is 11.7 Å². The molecular formula is C11H18N4. The molecule has 3 N–H and O–H groups in total. The van der Waals surface area contributed by atoms with Gasteiger partial charge < -0.3 is 5.73 Å². The average molecular weight is 206 g/mol. The van der Waals surface area contributed by atoms with E-state index in [1.165, 1.54) is 0 Å². The van der Waals surface area contributed by atoms with Crippen molar-refractivity contribution in [3.63, 3.8) is 0 Å². The van der Waals surface area contributed by atoms with Gasteiger partial charge in [-0.3, -0.25) is 15.3 Å². The van der Waals surface area contributed by atoms with Crippen molar-refractivity contribution in [2.75, 3.05) is 13.6 Å². The molecule has 1 atom stereocenters. The van der Waals surface area contributed by atoms with Gasteiger partial charge in [0.15, 0.2) is 0 Å². The Labute approximate surface area is 90.6 Å². The largest absolute Gasteiger partial charge is 0.387 e. The van der Waals surface area contributed by atoms with Gasteiger partial charge in [0.1, 0.15) is 0 Å². The summed E-state index contributed by atoms with van der Waals surface area (Å²) < 4.78 is 0. The maximum absolute atomic E-state index is 7.31. The lowest BCUT2D eigenvalue weighted by molar-refractivity contribution is 0.303. The van der Waals surface area contributed by atoms with E-state index in [1.54, 1.807) is 6.20 Å². The second-order valence-electron chi connectivity index (χ2n) is 3.87. The maximum atomic E-state index is 7.31. The molecule has 0 spiro atoms. The van der Waals surface area contributed by atoms with Crippen molar-refractivity contribution in [3.8, 4) is 0 Å². The van der Waals surface area contributed by atoms with Crippen LogP contribution in [0.1, 0.15) is 12.6 Å². The van der Waals surface area contributed by atoms with Crippen LogP contribution >= 0.6 is 0 Å². The lowest BCUT2D eigenvalue weighted by Gasteiger charge is -2.19. The Hall–Kier alpha value is -1.42. The van der Waals surface area contributed by atoms with Crippen molar-refractivity contribution in [2.45, 2.75) is 13.5 Å². The van der Waals surface area contributed by atoms with Crippen LogP contribution in [-0.2, 0) is 6.54 Å². The van der Waals surface area contributed by atoms with Crippen molar-refractivity contribution in [1.82, 2.24) is 9.88 Å². The van der Waals surface area contributed by atoms with E-state index in [-0.39, 0.29) is 11.8 Å². The minimum Gasteiger partial charge on any atom is -0.387 e. The Kier molecular flexibility index (Phi) is 4.24. The standard InChI is InChI=1S/C11H18N4/c1-9(11(12)13)7-15(2)8-10-5-3-4-6-14-10/h3-6,9H,7-8H2,1-2H3,(H3,12,13). The monoisotopic (exact) mass is 206 g/mol. The molecule has 1 aromatic heterocycles. The van der Waals surface area contributed by atoms with Gasteiger partial charge in [-0.15, -0.1) is 0 Å². The Morgan fingerprint density at radius 2 is 2.33 bits per heavy atom. The van der Waals surface area contributed by atoms with Gasteiger partial charge in [-0.1, -0.05) is 13.0 Å². The molecule has 4 nitrogen and oxygen atoms in total. The molecule has 1 aromatic rings. The topological polar surface area (TPSA) is 66.0 Å². The minimum atomic E-state index is 0.0960. The predicted octanol–water partition coefficient (Wildman–Crippen LogP) is 1.09. The first-order chi connectivity index (χ1) is 7.09. The van der Waals surface area contributed by atoms with Gasteiger partial charge in [0.2, 0.25) is 0 Å². The molecule has 0 aromatic carbocycles. The van der Waals surface area contributed by atoms with Crippen molar-refractivity contribution in [1.29, 1.82) is 5.41 Å². The summed E-state index contributed by atoms with van der Waals surface area (Å²) in [6.07, 6.45) is 1.79. The summed E-state index contributed by atoms with van der Waals surface area (Å²) in [6, 6.07) is 5.88. The summed E-state index contributed by atoms with van der Waals surface area (Å²) in [4.78, 5) is 6.36. The van der Waals surface area contributed by atoms with E-state index in [9.17, 15) is 0 Å². The fourth-order valence-electron chi connectivity index (χ4n) is 1.40. The molecule has 0 radical (unpaired) electrons. The quantitative estimate of drug-likeness (QED) is 0.559. The van der Waals surface area contributed by atoms with Gasteiger partial charge in [0.05, 0.1) is 11.5 Å². The zero-order chi connectivity index (χ0) is 11.3. The molecule has 15 heavy (non-hydrogen) atoms. The second kappa shape index (κ2) is 5.46. The summed E-state index contributed by atoms with van der Waals surface area (Å²) in [7, 11) is 2.01. The SMILES string of the molecule is CC(CN(C)Cc1ccccn1)C(=N)N. The lowest BCUT2D eigenvalue weighted by atomic mass is 10.1. The van der Waals surface area contributed by atoms with Crippen LogP contribution in [0.5, 0.6) is 0 Å². The number of pyridine rings is 1. The van der Waals surface area contributed by atoms with E-state index in [0.717, 1.165) is 18.8 Å². The fourth-order valence-corrected chi connectivity index (χ4v) is 1.40. The van der Waals surface area contributed by atoms with Gasteiger partial charge in [-0.25, -0.2) is 0 Å². The molecular weight excluding hydrogens is 188 g/mol. The van der Waals surface area contributed by atoms with E-state index in [4.69, 9.17) is 11.1 Å². The summed E-state index contributed by atoms with van der Waals surface area (Å²) in [5, 5.41) is 7.31. The Balaban J connectivity index is 2.43. The smallest absolute Gasteiger partial charge is 0.0947 e. The predicted molar refractivity (Wildman–Crippen MR) is 61.6 cm³/mol. The molecule has 1 heterocycles. The Morgan fingerprint density at radius 1 is 1.60 bits per heavy atom. The summed E-state index contributed by atoms with van der Waals surface area (Å²) >= 11 is 0. The molecule has 0 aliphatic heterocycles. The van der Waals surface area contributed by atoms with Crippen LogP contribution in [0.2, 0.25) is 0 Å². The normalized spacial score (nSPS) is 12.7. The van der Waals surface area contributed by atoms with Crippen LogP contribution < -0.4 is 5.73 Å². The number of nitrogens with zero attached hydrogens (tertiary/aromatic N) is 2. The highest BCUT2D eigenvalue weighted by molar-refractivity contribution is 5.79. The van der Waals surface area contributed by atoms with E-state index in [0.29, 0.717) is 0 Å². The van der Waals surface area contributed by atoms with Crippen LogP contribution in [-0.4, -0.2) is 29.3 Å². The fraction of sp³-hybridized carbons (Fsp3) is 0.455. The number of rotatable bonds is 5. The van der Waals surface area contributed by atoms with Gasteiger partial charge in [-0.2, -0.15) is 0 Å². The van der Waals surface area contributed by atoms with Crippen molar-refractivity contribution < 1.29 is 0 Å². The molecule has 1 rings (SSSR count). The lowest BCUT2D eigenvalue weighted by Crippen LogP contribution is -2.31. The highest BCUT2D eigenvalue weighted by atomic mass is 15.1. The van der Waals surface area contributed by atoms with Crippen molar-refractivity contribution >= 4 is 5.84 Å². The zero-order valence-electron chi connectivity index (χ0n) is 9.27. The third-order valence-electron chi connectivity index (χ3n) is 2.27. The van der Waals surface area contributed by atoms with Crippen LogP contribution in [0, 0.1) is 11.3 Å². The number of hydrogen-bond donors (Lipinski definition) is 2.